The van der Waals surface area contributed by atoms with Crippen molar-refractivity contribution in [2.45, 2.75) is 12.8 Å². The van der Waals surface area contributed by atoms with E-state index < -0.39 is 29.2 Å². The second-order valence-corrected chi connectivity index (χ2v) is 4.40. The lowest BCUT2D eigenvalue weighted by molar-refractivity contribution is 0.0697. The lowest BCUT2D eigenvalue weighted by atomic mass is 10.1. The number of benzene rings is 1. The number of amides is 2. The summed E-state index contributed by atoms with van der Waals surface area (Å²) < 4.78 is 26.2. The normalized spacial score (nSPS) is 10.0. The Bertz CT molecular complexity index is 561. The maximum absolute atomic E-state index is 13.2. The number of nitrogens with zero attached hydrogens (tertiary/aromatic N) is 1. The van der Waals surface area contributed by atoms with E-state index in [-0.39, 0.29) is 5.69 Å². The Morgan fingerprint density at radius 2 is 2.00 bits per heavy atom. The maximum atomic E-state index is 13.2. The van der Waals surface area contributed by atoms with Gasteiger partial charge in [0.15, 0.2) is 11.6 Å². The lowest BCUT2D eigenvalue weighted by Crippen LogP contribution is -2.32. The number of aromatic carboxylic acids is 1. The largest absolute Gasteiger partial charge is 0.478 e. The van der Waals surface area contributed by atoms with Gasteiger partial charge >= 0.3 is 12.0 Å². The molecule has 114 valence electrons. The van der Waals surface area contributed by atoms with Crippen LogP contribution in [0.2, 0.25) is 0 Å². The zero-order chi connectivity index (χ0) is 16.0. The van der Waals surface area contributed by atoms with Crippen LogP contribution in [-0.4, -0.2) is 35.6 Å². The van der Waals surface area contributed by atoms with Crippen LogP contribution in [0.25, 0.3) is 0 Å². The fraction of sp³-hybridized carbons (Fsp3) is 0.286. The molecular weight excluding hydrogens is 282 g/mol. The number of carbonyl (C=O) groups is 2. The minimum atomic E-state index is -1.46. The Balaban J connectivity index is 2.86. The summed E-state index contributed by atoms with van der Waals surface area (Å²) in [6.07, 6.45) is 3.13. The highest BCUT2D eigenvalue weighted by atomic mass is 19.2. The number of hydrogen-bond acceptors (Lipinski definition) is 2. The second kappa shape index (κ2) is 7.37. The molecule has 1 rings (SSSR count). The molecule has 2 amide bonds. The van der Waals surface area contributed by atoms with Gasteiger partial charge in [-0.25, -0.2) is 18.4 Å². The average molecular weight is 298 g/mol. The monoisotopic (exact) mass is 298 g/mol. The lowest BCUT2D eigenvalue weighted by Gasteiger charge is -2.18. The van der Waals surface area contributed by atoms with E-state index in [2.05, 4.69) is 11.9 Å². The molecule has 0 aliphatic rings. The summed E-state index contributed by atoms with van der Waals surface area (Å²) in [7, 11) is 1.51. The van der Waals surface area contributed by atoms with E-state index in [9.17, 15) is 18.4 Å². The van der Waals surface area contributed by atoms with E-state index in [1.54, 1.807) is 6.08 Å². The molecule has 2 N–H and O–H groups in total. The van der Waals surface area contributed by atoms with Crippen LogP contribution in [-0.2, 0) is 0 Å². The third kappa shape index (κ3) is 4.55. The van der Waals surface area contributed by atoms with Gasteiger partial charge in [0.25, 0.3) is 0 Å². The van der Waals surface area contributed by atoms with Crippen molar-refractivity contribution in [3.05, 3.63) is 42.0 Å². The predicted molar refractivity (Wildman–Crippen MR) is 74.4 cm³/mol. The third-order valence-electron chi connectivity index (χ3n) is 2.78. The van der Waals surface area contributed by atoms with Crippen LogP contribution < -0.4 is 5.32 Å². The molecule has 0 spiro atoms. The van der Waals surface area contributed by atoms with E-state index >= 15 is 0 Å². The highest BCUT2D eigenvalue weighted by molar-refractivity contribution is 5.99. The Morgan fingerprint density at radius 1 is 1.38 bits per heavy atom. The van der Waals surface area contributed by atoms with Gasteiger partial charge in [0.1, 0.15) is 0 Å². The average Bonchev–Trinajstić information content (AvgIpc) is 2.42. The van der Waals surface area contributed by atoms with Crippen molar-refractivity contribution in [2.75, 3.05) is 18.9 Å². The number of halogens is 2. The number of nitrogens with one attached hydrogen (secondary N) is 1. The number of carbonyl (C=O) groups excluding carboxylic acids is 1. The van der Waals surface area contributed by atoms with Crippen molar-refractivity contribution in [3.63, 3.8) is 0 Å². The van der Waals surface area contributed by atoms with Crippen LogP contribution in [0.3, 0.4) is 0 Å². The molecule has 0 atom stereocenters. The number of allylic oxidation sites excluding steroid dienone is 1. The minimum absolute atomic E-state index is 0.290. The number of hydrogen-bond donors (Lipinski definition) is 2. The Labute approximate surface area is 120 Å². The van der Waals surface area contributed by atoms with Crippen LogP contribution in [0, 0.1) is 11.6 Å². The number of carboxylic acid groups (broad SMARTS) is 1. The molecule has 0 aromatic heterocycles. The van der Waals surface area contributed by atoms with Crippen LogP contribution in [0.5, 0.6) is 0 Å². The Kier molecular flexibility index (Phi) is 5.83. The van der Waals surface area contributed by atoms with E-state index in [1.165, 1.54) is 11.9 Å². The molecule has 1 aromatic carbocycles. The number of rotatable bonds is 6. The van der Waals surface area contributed by atoms with Crippen molar-refractivity contribution in [3.8, 4) is 0 Å². The number of anilines is 1. The molecule has 7 heteroatoms. The molecule has 21 heavy (non-hydrogen) atoms. The molecule has 0 unspecified atom stereocenters. The van der Waals surface area contributed by atoms with Crippen molar-refractivity contribution in [1.82, 2.24) is 4.90 Å². The molecule has 0 saturated carbocycles. The number of urea groups is 1. The van der Waals surface area contributed by atoms with Gasteiger partial charge in [-0.05, 0) is 18.9 Å². The van der Waals surface area contributed by atoms with Gasteiger partial charge in [0, 0.05) is 19.7 Å². The highest BCUT2D eigenvalue weighted by Gasteiger charge is 2.18. The third-order valence-corrected chi connectivity index (χ3v) is 2.78. The first-order valence-corrected chi connectivity index (χ1v) is 6.22. The summed E-state index contributed by atoms with van der Waals surface area (Å²) in [6.45, 7) is 3.98. The fourth-order valence-electron chi connectivity index (χ4n) is 1.61. The number of carboxylic acids is 1. The zero-order valence-electron chi connectivity index (χ0n) is 11.5. The molecule has 0 saturated heterocycles. The second-order valence-electron chi connectivity index (χ2n) is 4.40. The number of unbranched alkanes of at least 4 members (excludes halogenated alkanes) is 1. The van der Waals surface area contributed by atoms with Crippen molar-refractivity contribution >= 4 is 17.7 Å². The zero-order valence-corrected chi connectivity index (χ0v) is 11.5. The summed E-state index contributed by atoms with van der Waals surface area (Å²) in [5.74, 6) is -3.98. The maximum Gasteiger partial charge on any atom is 0.337 e. The van der Waals surface area contributed by atoms with Gasteiger partial charge in [-0.15, -0.1) is 6.58 Å². The molecule has 0 radical (unpaired) electrons. The Morgan fingerprint density at radius 3 is 2.57 bits per heavy atom. The van der Waals surface area contributed by atoms with Crippen LogP contribution >= 0.6 is 0 Å². The van der Waals surface area contributed by atoms with E-state index in [0.29, 0.717) is 25.1 Å². The first kappa shape index (κ1) is 16.6. The standard InChI is InChI=1S/C14H16F2N2O3/c1-3-4-5-6-18(2)14(21)17-12-8-11(16)10(15)7-9(12)13(19)20/h3,7-8H,1,4-6H2,2H3,(H,17,21)(H,19,20). The fourth-order valence-corrected chi connectivity index (χ4v) is 1.61. The molecule has 5 nitrogen and oxygen atoms in total. The topological polar surface area (TPSA) is 69.6 Å². The SMILES string of the molecule is C=CCCCN(C)C(=O)Nc1cc(F)c(F)cc1C(=O)O. The van der Waals surface area contributed by atoms with Gasteiger partial charge in [-0.2, -0.15) is 0 Å². The molecule has 0 aliphatic carbocycles. The predicted octanol–water partition coefficient (Wildman–Crippen LogP) is 3.09. The van der Waals surface area contributed by atoms with E-state index in [1.807, 2.05) is 0 Å². The summed E-state index contributed by atoms with van der Waals surface area (Å²) in [5.41, 5.74) is -0.802. The van der Waals surface area contributed by atoms with Gasteiger partial charge in [-0.1, -0.05) is 6.08 Å². The summed E-state index contributed by atoms with van der Waals surface area (Å²) in [5, 5.41) is 11.2. The summed E-state index contributed by atoms with van der Waals surface area (Å²) in [6, 6.07) is 0.576. The first-order chi connectivity index (χ1) is 9.86. The van der Waals surface area contributed by atoms with Gasteiger partial charge in [0.05, 0.1) is 11.3 Å². The molecule has 0 aliphatic heterocycles. The summed E-state index contributed by atoms with van der Waals surface area (Å²) in [4.78, 5) is 24.2. The Hall–Kier alpha value is -2.44. The molecule has 0 heterocycles. The highest BCUT2D eigenvalue weighted by Crippen LogP contribution is 2.20. The van der Waals surface area contributed by atoms with Crippen molar-refractivity contribution < 1.29 is 23.5 Å². The van der Waals surface area contributed by atoms with Gasteiger partial charge < -0.3 is 15.3 Å². The van der Waals surface area contributed by atoms with Crippen LogP contribution in [0.1, 0.15) is 23.2 Å². The molecule has 1 aromatic rings. The quantitative estimate of drug-likeness (QED) is 0.626. The minimum Gasteiger partial charge on any atom is -0.478 e. The van der Waals surface area contributed by atoms with Gasteiger partial charge in [-0.3, -0.25) is 0 Å². The van der Waals surface area contributed by atoms with Gasteiger partial charge in [0.2, 0.25) is 0 Å². The van der Waals surface area contributed by atoms with E-state index in [0.717, 1.165) is 6.42 Å². The van der Waals surface area contributed by atoms with E-state index in [4.69, 9.17) is 5.11 Å². The van der Waals surface area contributed by atoms with Crippen LogP contribution in [0.15, 0.2) is 24.8 Å². The van der Waals surface area contributed by atoms with Crippen molar-refractivity contribution in [1.29, 1.82) is 0 Å². The molecular formula is C14H16F2N2O3. The molecule has 0 bridgehead atoms. The first-order valence-electron chi connectivity index (χ1n) is 6.22. The summed E-state index contributed by atoms with van der Waals surface area (Å²) >= 11 is 0. The van der Waals surface area contributed by atoms with Crippen molar-refractivity contribution in [2.24, 2.45) is 0 Å². The van der Waals surface area contributed by atoms with Crippen LogP contribution in [0.4, 0.5) is 19.3 Å². The smallest absolute Gasteiger partial charge is 0.337 e. The molecule has 0 fully saturated rings.